The Bertz CT molecular complexity index is 468. The van der Waals surface area contributed by atoms with Gasteiger partial charge in [0.25, 0.3) is 5.91 Å². The van der Waals surface area contributed by atoms with E-state index in [0.29, 0.717) is 3.77 Å². The van der Waals surface area contributed by atoms with Gasteiger partial charge in [-0.3, -0.25) is 14.4 Å². The van der Waals surface area contributed by atoms with E-state index in [-0.39, 0.29) is 24.4 Å². The molecule has 1 heterocycles. The molecule has 1 aromatic heterocycles. The molecule has 7 heteroatoms. The summed E-state index contributed by atoms with van der Waals surface area (Å²) in [6.07, 6.45) is -0.117. The van der Waals surface area contributed by atoms with Crippen molar-refractivity contribution >= 4 is 40.3 Å². The van der Waals surface area contributed by atoms with Crippen LogP contribution in [0.4, 0.5) is 0 Å². The molecule has 1 unspecified atom stereocenters. The smallest absolute Gasteiger partial charge is 0.303 e. The molecule has 18 heavy (non-hydrogen) atoms. The van der Waals surface area contributed by atoms with Gasteiger partial charge < -0.3 is 14.8 Å². The zero-order chi connectivity index (χ0) is 13.7. The van der Waals surface area contributed by atoms with Crippen molar-refractivity contribution in [2.45, 2.75) is 25.8 Å². The first-order chi connectivity index (χ1) is 8.40. The van der Waals surface area contributed by atoms with Gasteiger partial charge in [0.2, 0.25) is 0 Å². The number of hydrogen-bond acceptors (Lipinski definition) is 4. The third-order valence-electron chi connectivity index (χ3n) is 2.24. The number of carboxylic acid groups (broad SMARTS) is 1. The fourth-order valence-corrected chi connectivity index (χ4v) is 1.73. The predicted molar refractivity (Wildman–Crippen MR) is 70.2 cm³/mol. The van der Waals surface area contributed by atoms with Gasteiger partial charge in [-0.15, -0.1) is 0 Å². The van der Waals surface area contributed by atoms with Crippen molar-refractivity contribution in [1.82, 2.24) is 5.32 Å². The summed E-state index contributed by atoms with van der Waals surface area (Å²) in [5.74, 6) is -1.72. The molecule has 0 radical (unpaired) electrons. The van der Waals surface area contributed by atoms with Crippen LogP contribution in [0.3, 0.4) is 0 Å². The zero-order valence-electron chi connectivity index (χ0n) is 9.60. The fourth-order valence-electron chi connectivity index (χ4n) is 1.31. The van der Waals surface area contributed by atoms with E-state index >= 15 is 0 Å². The van der Waals surface area contributed by atoms with Crippen LogP contribution in [0.25, 0.3) is 0 Å². The van der Waals surface area contributed by atoms with Crippen molar-refractivity contribution in [2.24, 2.45) is 0 Å². The monoisotopic (exact) mass is 365 g/mol. The maximum Gasteiger partial charge on any atom is 0.303 e. The molecule has 98 valence electrons. The lowest BCUT2D eigenvalue weighted by Gasteiger charge is -2.13. The summed E-state index contributed by atoms with van der Waals surface area (Å²) in [5, 5.41) is 11.0. The first kappa shape index (κ1) is 14.7. The average molecular weight is 365 g/mol. The minimum atomic E-state index is -1.01. The molecule has 0 aliphatic carbocycles. The van der Waals surface area contributed by atoms with Crippen LogP contribution in [0.5, 0.6) is 0 Å². The Morgan fingerprint density at radius 3 is 2.56 bits per heavy atom. The Morgan fingerprint density at radius 1 is 1.44 bits per heavy atom. The van der Waals surface area contributed by atoms with Crippen molar-refractivity contribution < 1.29 is 23.9 Å². The van der Waals surface area contributed by atoms with Gasteiger partial charge in [-0.2, -0.15) is 0 Å². The molecule has 0 fully saturated rings. The molecule has 1 amide bonds. The minimum Gasteiger partial charge on any atom is -0.481 e. The Hall–Kier alpha value is -1.38. The second-order valence-electron chi connectivity index (χ2n) is 3.67. The maximum atomic E-state index is 11.7. The first-order valence-electron chi connectivity index (χ1n) is 5.18. The number of halogens is 1. The standard InChI is InChI=1S/C11H12INO5/c1-6(14)7(2-5-10(15)16)13-11(17)8-3-4-9(12)18-8/h3-4,7H,2,5H2,1H3,(H,13,17)(H,15,16). The van der Waals surface area contributed by atoms with Crippen LogP contribution >= 0.6 is 22.6 Å². The molecule has 2 N–H and O–H groups in total. The Balaban J connectivity index is 2.63. The fraction of sp³-hybridized carbons (Fsp3) is 0.364. The molecule has 0 spiro atoms. The second-order valence-corrected chi connectivity index (χ2v) is 4.74. The van der Waals surface area contributed by atoms with Gasteiger partial charge in [0, 0.05) is 6.42 Å². The first-order valence-corrected chi connectivity index (χ1v) is 6.26. The number of rotatable bonds is 6. The van der Waals surface area contributed by atoms with E-state index in [2.05, 4.69) is 5.32 Å². The molecule has 1 rings (SSSR count). The van der Waals surface area contributed by atoms with Crippen molar-refractivity contribution in [2.75, 3.05) is 0 Å². The second kappa shape index (κ2) is 6.53. The summed E-state index contributed by atoms with van der Waals surface area (Å²) in [4.78, 5) is 33.4. The Kier molecular flexibility index (Phi) is 5.32. The van der Waals surface area contributed by atoms with Crippen LogP contribution in [-0.4, -0.2) is 28.8 Å². The number of nitrogens with one attached hydrogen (secondary N) is 1. The lowest BCUT2D eigenvalue weighted by atomic mass is 10.1. The molecule has 6 nitrogen and oxygen atoms in total. The topological polar surface area (TPSA) is 96.6 Å². The number of aliphatic carboxylic acids is 1. The van der Waals surface area contributed by atoms with Gasteiger partial charge in [0.05, 0.1) is 6.04 Å². The number of ketones is 1. The summed E-state index contributed by atoms with van der Waals surface area (Å²) in [6.45, 7) is 1.30. The van der Waals surface area contributed by atoms with Crippen molar-refractivity contribution in [3.8, 4) is 0 Å². The van der Waals surface area contributed by atoms with Gasteiger partial charge in [-0.25, -0.2) is 0 Å². The number of amides is 1. The van der Waals surface area contributed by atoms with Crippen LogP contribution in [0, 0.1) is 3.77 Å². The predicted octanol–water partition coefficient (Wildman–Crippen LogP) is 1.44. The largest absolute Gasteiger partial charge is 0.481 e. The third kappa shape index (κ3) is 4.47. The normalized spacial score (nSPS) is 11.9. The van der Waals surface area contributed by atoms with Crippen molar-refractivity contribution in [3.05, 3.63) is 21.7 Å². The maximum absolute atomic E-state index is 11.7. The summed E-state index contributed by atoms with van der Waals surface area (Å²) >= 11 is 1.92. The van der Waals surface area contributed by atoms with E-state index in [1.165, 1.54) is 13.0 Å². The van der Waals surface area contributed by atoms with Gasteiger partial charge >= 0.3 is 5.97 Å². The van der Waals surface area contributed by atoms with Gasteiger partial charge in [-0.1, -0.05) is 0 Å². The average Bonchev–Trinajstić information content (AvgIpc) is 2.70. The van der Waals surface area contributed by atoms with Crippen LogP contribution < -0.4 is 5.32 Å². The number of carboxylic acids is 1. The molecule has 1 atom stereocenters. The molecular formula is C11H12INO5. The number of Topliss-reactive ketones (excluding diaryl/α,β-unsaturated/α-hetero) is 1. The van der Waals surface area contributed by atoms with E-state index in [1.807, 2.05) is 22.6 Å². The third-order valence-corrected chi connectivity index (χ3v) is 2.82. The van der Waals surface area contributed by atoms with E-state index in [0.717, 1.165) is 0 Å². The van der Waals surface area contributed by atoms with Crippen molar-refractivity contribution in [1.29, 1.82) is 0 Å². The number of carbonyl (C=O) groups excluding carboxylic acids is 2. The molecule has 1 aromatic rings. The highest BCUT2D eigenvalue weighted by atomic mass is 127. The molecule has 0 aromatic carbocycles. The molecule has 0 bridgehead atoms. The summed E-state index contributed by atoms with van der Waals surface area (Å²) in [5.41, 5.74) is 0. The highest BCUT2D eigenvalue weighted by molar-refractivity contribution is 14.1. The van der Waals surface area contributed by atoms with Crippen molar-refractivity contribution in [3.63, 3.8) is 0 Å². The quantitative estimate of drug-likeness (QED) is 0.744. The Morgan fingerprint density at radius 2 is 2.11 bits per heavy atom. The van der Waals surface area contributed by atoms with Gasteiger partial charge in [0.15, 0.2) is 15.3 Å². The van der Waals surface area contributed by atoms with Crippen LogP contribution in [0.1, 0.15) is 30.3 Å². The van der Waals surface area contributed by atoms with Crippen LogP contribution in [0.2, 0.25) is 0 Å². The lowest BCUT2D eigenvalue weighted by Crippen LogP contribution is -2.39. The van der Waals surface area contributed by atoms with E-state index < -0.39 is 17.9 Å². The zero-order valence-corrected chi connectivity index (χ0v) is 11.8. The van der Waals surface area contributed by atoms with E-state index in [4.69, 9.17) is 9.52 Å². The summed E-state index contributed by atoms with van der Waals surface area (Å²) in [6, 6.07) is 2.30. The van der Waals surface area contributed by atoms with Gasteiger partial charge in [0.1, 0.15) is 0 Å². The minimum absolute atomic E-state index is 0.0637. The molecular weight excluding hydrogens is 353 g/mol. The van der Waals surface area contributed by atoms with Gasteiger partial charge in [-0.05, 0) is 48.1 Å². The number of carbonyl (C=O) groups is 3. The SMILES string of the molecule is CC(=O)C(CCC(=O)O)NC(=O)c1ccc(I)o1. The summed E-state index contributed by atoms with van der Waals surface area (Å²) in [7, 11) is 0. The van der Waals surface area contributed by atoms with Crippen LogP contribution in [-0.2, 0) is 9.59 Å². The molecule has 0 aliphatic rings. The molecule has 0 aliphatic heterocycles. The lowest BCUT2D eigenvalue weighted by molar-refractivity contribution is -0.137. The highest BCUT2D eigenvalue weighted by Crippen LogP contribution is 2.10. The number of furan rings is 1. The molecule has 0 saturated carbocycles. The highest BCUT2D eigenvalue weighted by Gasteiger charge is 2.20. The Labute approximate surface area is 117 Å². The summed E-state index contributed by atoms with van der Waals surface area (Å²) < 4.78 is 5.66. The van der Waals surface area contributed by atoms with E-state index in [9.17, 15) is 14.4 Å². The molecule has 0 saturated heterocycles. The number of hydrogen-bond donors (Lipinski definition) is 2. The van der Waals surface area contributed by atoms with E-state index in [1.54, 1.807) is 6.07 Å². The van der Waals surface area contributed by atoms with Crippen LogP contribution in [0.15, 0.2) is 16.5 Å².